The second kappa shape index (κ2) is 4.71. The van der Waals surface area contributed by atoms with E-state index >= 15 is 0 Å². The van der Waals surface area contributed by atoms with Crippen LogP contribution < -0.4 is 0 Å². The molecule has 1 aromatic rings. The monoisotopic (exact) mass is 238 g/mol. The largest absolute Gasteiger partial charge is 0.456 e. The molecule has 0 heterocycles. The van der Waals surface area contributed by atoms with Crippen molar-refractivity contribution in [3.8, 4) is 0 Å². The predicted octanol–water partition coefficient (Wildman–Crippen LogP) is 3.94. The van der Waals surface area contributed by atoms with Crippen molar-refractivity contribution in [2.24, 2.45) is 0 Å². The zero-order chi connectivity index (χ0) is 12.3. The van der Waals surface area contributed by atoms with Crippen LogP contribution in [0.5, 0.6) is 0 Å². The van der Waals surface area contributed by atoms with Crippen molar-refractivity contribution in [2.75, 3.05) is 0 Å². The normalized spacial score (nSPS) is 11.0. The van der Waals surface area contributed by atoms with Gasteiger partial charge in [0, 0.05) is 5.02 Å². The van der Waals surface area contributed by atoms with Crippen LogP contribution in [0.2, 0.25) is 5.02 Å². The van der Waals surface area contributed by atoms with E-state index in [2.05, 4.69) is 6.58 Å². The Bertz CT molecular complexity index is 416. The van der Waals surface area contributed by atoms with E-state index in [0.717, 1.165) is 5.56 Å². The van der Waals surface area contributed by atoms with E-state index in [0.29, 0.717) is 10.6 Å². The Kier molecular flexibility index (Phi) is 3.76. The summed E-state index contributed by atoms with van der Waals surface area (Å²) >= 11 is 5.97. The molecule has 0 atom stereocenters. The SMILES string of the molecule is C=Cc1ccc(C(=O)OC(C)(C)C)cc1Cl. The first-order valence-corrected chi connectivity index (χ1v) is 5.36. The molecule has 3 heteroatoms. The second-order valence-electron chi connectivity index (χ2n) is 4.44. The number of carbonyl (C=O) groups excluding carboxylic acids is 1. The van der Waals surface area contributed by atoms with Crippen LogP contribution in [0.1, 0.15) is 36.7 Å². The first-order chi connectivity index (χ1) is 7.33. The molecule has 0 radical (unpaired) electrons. The molecule has 0 aromatic heterocycles. The highest BCUT2D eigenvalue weighted by Crippen LogP contribution is 2.20. The molecule has 0 N–H and O–H groups in total. The van der Waals surface area contributed by atoms with Crippen LogP contribution in [0.25, 0.3) is 6.08 Å². The highest BCUT2D eigenvalue weighted by molar-refractivity contribution is 6.32. The lowest BCUT2D eigenvalue weighted by molar-refractivity contribution is 0.00695. The lowest BCUT2D eigenvalue weighted by Gasteiger charge is -2.19. The summed E-state index contributed by atoms with van der Waals surface area (Å²) in [7, 11) is 0. The molecule has 0 unspecified atom stereocenters. The minimum Gasteiger partial charge on any atom is -0.456 e. The first-order valence-electron chi connectivity index (χ1n) is 4.99. The summed E-state index contributed by atoms with van der Waals surface area (Å²) in [6, 6.07) is 5.01. The number of benzene rings is 1. The molecule has 0 amide bonds. The molecule has 1 aromatic carbocycles. The summed E-state index contributed by atoms with van der Waals surface area (Å²) in [5.74, 6) is -0.370. The van der Waals surface area contributed by atoms with Crippen molar-refractivity contribution in [3.63, 3.8) is 0 Å². The van der Waals surface area contributed by atoms with E-state index in [-0.39, 0.29) is 5.97 Å². The van der Waals surface area contributed by atoms with E-state index < -0.39 is 5.60 Å². The van der Waals surface area contributed by atoms with Gasteiger partial charge < -0.3 is 4.74 Å². The quantitative estimate of drug-likeness (QED) is 0.730. The van der Waals surface area contributed by atoms with E-state index in [1.165, 1.54) is 0 Å². The fourth-order valence-corrected chi connectivity index (χ4v) is 1.41. The van der Waals surface area contributed by atoms with E-state index in [9.17, 15) is 4.79 Å². The zero-order valence-electron chi connectivity index (χ0n) is 9.71. The summed E-state index contributed by atoms with van der Waals surface area (Å²) in [5, 5.41) is 0.498. The number of esters is 1. The fourth-order valence-electron chi connectivity index (χ4n) is 1.16. The number of rotatable bonds is 2. The van der Waals surface area contributed by atoms with Gasteiger partial charge in [0.05, 0.1) is 5.56 Å². The molecule has 86 valence electrons. The van der Waals surface area contributed by atoms with Crippen LogP contribution in [0.3, 0.4) is 0 Å². The molecular weight excluding hydrogens is 224 g/mol. The third kappa shape index (κ3) is 3.38. The van der Waals surface area contributed by atoms with Gasteiger partial charge in [-0.3, -0.25) is 0 Å². The highest BCUT2D eigenvalue weighted by Gasteiger charge is 2.18. The van der Waals surface area contributed by atoms with Gasteiger partial charge in [0.15, 0.2) is 0 Å². The van der Waals surface area contributed by atoms with Gasteiger partial charge in [-0.2, -0.15) is 0 Å². The predicted molar refractivity (Wildman–Crippen MR) is 66.7 cm³/mol. The third-order valence-corrected chi connectivity index (χ3v) is 2.18. The number of hydrogen-bond donors (Lipinski definition) is 0. The smallest absolute Gasteiger partial charge is 0.338 e. The van der Waals surface area contributed by atoms with Gasteiger partial charge in [-0.15, -0.1) is 0 Å². The van der Waals surface area contributed by atoms with E-state index in [4.69, 9.17) is 16.3 Å². The van der Waals surface area contributed by atoms with Gasteiger partial charge in [0.2, 0.25) is 0 Å². The molecule has 0 spiro atoms. The van der Waals surface area contributed by atoms with Crippen LogP contribution in [0.15, 0.2) is 24.8 Å². The Morgan fingerprint density at radius 1 is 1.44 bits per heavy atom. The fraction of sp³-hybridized carbons (Fsp3) is 0.308. The van der Waals surface area contributed by atoms with Gasteiger partial charge in [0.25, 0.3) is 0 Å². The van der Waals surface area contributed by atoms with Crippen molar-refractivity contribution in [1.82, 2.24) is 0 Å². The van der Waals surface area contributed by atoms with Crippen molar-refractivity contribution in [2.45, 2.75) is 26.4 Å². The maximum absolute atomic E-state index is 11.7. The Labute approximate surface area is 101 Å². The molecule has 0 aliphatic rings. The minimum absolute atomic E-state index is 0.370. The van der Waals surface area contributed by atoms with E-state index in [1.54, 1.807) is 24.3 Å². The summed E-state index contributed by atoms with van der Waals surface area (Å²) in [6.45, 7) is 9.10. The highest BCUT2D eigenvalue weighted by atomic mass is 35.5. The number of hydrogen-bond acceptors (Lipinski definition) is 2. The Morgan fingerprint density at radius 2 is 2.06 bits per heavy atom. The van der Waals surface area contributed by atoms with Gasteiger partial charge >= 0.3 is 5.97 Å². The molecule has 0 aliphatic carbocycles. The second-order valence-corrected chi connectivity index (χ2v) is 4.85. The topological polar surface area (TPSA) is 26.3 Å². The summed E-state index contributed by atoms with van der Waals surface area (Å²) < 4.78 is 5.23. The standard InChI is InChI=1S/C13H15ClO2/c1-5-9-6-7-10(8-11(9)14)12(15)16-13(2,3)4/h5-8H,1H2,2-4H3. The minimum atomic E-state index is -0.499. The van der Waals surface area contributed by atoms with Gasteiger partial charge in [-0.25, -0.2) is 4.79 Å². The van der Waals surface area contributed by atoms with Gasteiger partial charge in [0.1, 0.15) is 5.60 Å². The molecule has 16 heavy (non-hydrogen) atoms. The lowest BCUT2D eigenvalue weighted by Crippen LogP contribution is -2.23. The molecular formula is C13H15ClO2. The maximum Gasteiger partial charge on any atom is 0.338 e. The van der Waals surface area contributed by atoms with Crippen molar-refractivity contribution in [1.29, 1.82) is 0 Å². The van der Waals surface area contributed by atoms with Crippen LogP contribution >= 0.6 is 11.6 Å². The molecule has 0 bridgehead atoms. The lowest BCUT2D eigenvalue weighted by atomic mass is 10.1. The average Bonchev–Trinajstić information content (AvgIpc) is 2.15. The molecule has 0 saturated carbocycles. The summed E-state index contributed by atoms with van der Waals surface area (Å²) in [4.78, 5) is 11.7. The van der Waals surface area contributed by atoms with Gasteiger partial charge in [-0.05, 0) is 38.5 Å². The van der Waals surface area contributed by atoms with Crippen LogP contribution in [0.4, 0.5) is 0 Å². The summed E-state index contributed by atoms with van der Waals surface area (Å²) in [5.41, 5.74) is 0.750. The Morgan fingerprint density at radius 3 is 2.50 bits per heavy atom. The van der Waals surface area contributed by atoms with Gasteiger partial charge in [-0.1, -0.05) is 30.3 Å². The molecule has 1 rings (SSSR count). The number of carbonyl (C=O) groups is 1. The van der Waals surface area contributed by atoms with Crippen LogP contribution in [0, 0.1) is 0 Å². The maximum atomic E-state index is 11.7. The summed E-state index contributed by atoms with van der Waals surface area (Å²) in [6.07, 6.45) is 1.64. The molecule has 0 aliphatic heterocycles. The van der Waals surface area contributed by atoms with Crippen LogP contribution in [-0.4, -0.2) is 11.6 Å². The third-order valence-electron chi connectivity index (χ3n) is 1.85. The number of halogens is 1. The van der Waals surface area contributed by atoms with Crippen LogP contribution in [-0.2, 0) is 4.74 Å². The number of ether oxygens (including phenoxy) is 1. The first kappa shape index (κ1) is 12.8. The van der Waals surface area contributed by atoms with Crippen molar-refractivity contribution in [3.05, 3.63) is 40.9 Å². The van der Waals surface area contributed by atoms with Crippen molar-refractivity contribution < 1.29 is 9.53 Å². The zero-order valence-corrected chi connectivity index (χ0v) is 10.5. The van der Waals surface area contributed by atoms with Crippen molar-refractivity contribution >= 4 is 23.6 Å². The molecule has 0 saturated heterocycles. The molecule has 2 nitrogen and oxygen atoms in total. The molecule has 0 fully saturated rings. The average molecular weight is 239 g/mol. The Hall–Kier alpha value is -1.28. The van der Waals surface area contributed by atoms with E-state index in [1.807, 2.05) is 20.8 Å². The Balaban J connectivity index is 2.94.